The van der Waals surface area contributed by atoms with Crippen LogP contribution in [0.1, 0.15) is 24.6 Å². The summed E-state index contributed by atoms with van der Waals surface area (Å²) in [4.78, 5) is 1.46. The van der Waals surface area contributed by atoms with E-state index in [0.717, 1.165) is 0 Å². The molecule has 1 rings (SSSR count). The molecular formula is C7H12NS+. The van der Waals surface area contributed by atoms with Gasteiger partial charge in [-0.05, 0) is 5.92 Å². The lowest BCUT2D eigenvalue weighted by atomic mass is 10.2. The van der Waals surface area contributed by atoms with Gasteiger partial charge in [-0.3, -0.25) is 0 Å². The summed E-state index contributed by atoms with van der Waals surface area (Å²) in [5, 5.41) is 0. The van der Waals surface area contributed by atoms with Gasteiger partial charge in [-0.15, -0.1) is 0 Å². The van der Waals surface area contributed by atoms with Crippen molar-refractivity contribution in [3.8, 4) is 0 Å². The molecular weight excluding hydrogens is 130 g/mol. The number of hydrogen-bond donors (Lipinski definition) is 0. The van der Waals surface area contributed by atoms with Crippen LogP contribution in [0.4, 0.5) is 0 Å². The van der Waals surface area contributed by atoms with Gasteiger partial charge in [-0.1, -0.05) is 25.2 Å². The van der Waals surface area contributed by atoms with Crippen LogP contribution >= 0.6 is 11.3 Å². The Bertz CT molecular complexity index is 191. The summed E-state index contributed by atoms with van der Waals surface area (Å²) in [6, 6.07) is 0. The average molecular weight is 142 g/mol. The molecule has 0 radical (unpaired) electrons. The molecule has 50 valence electrons. The summed E-state index contributed by atoms with van der Waals surface area (Å²) in [6.07, 6.45) is 2.18. The number of hydrogen-bond acceptors (Lipinski definition) is 1. The van der Waals surface area contributed by atoms with E-state index in [4.69, 9.17) is 0 Å². The minimum Gasteiger partial charge on any atom is -0.198 e. The summed E-state index contributed by atoms with van der Waals surface area (Å²) >= 11 is 1.82. The monoisotopic (exact) mass is 142 g/mol. The van der Waals surface area contributed by atoms with Gasteiger partial charge in [0.25, 0.3) is 0 Å². The molecule has 0 aliphatic rings. The van der Waals surface area contributed by atoms with Gasteiger partial charge in [0.15, 0.2) is 6.20 Å². The lowest BCUT2D eigenvalue weighted by Gasteiger charge is -1.92. The van der Waals surface area contributed by atoms with Gasteiger partial charge < -0.3 is 0 Å². The second-order valence-corrected chi connectivity index (χ2v) is 3.49. The molecule has 0 bridgehead atoms. The highest BCUT2D eigenvalue weighted by Crippen LogP contribution is 2.15. The van der Waals surface area contributed by atoms with Crippen molar-refractivity contribution in [2.24, 2.45) is 7.05 Å². The molecule has 1 aromatic heterocycles. The topological polar surface area (TPSA) is 3.88 Å². The number of aryl methyl sites for hydroxylation is 1. The van der Waals surface area contributed by atoms with Crippen LogP contribution in [0, 0.1) is 0 Å². The Kier molecular flexibility index (Phi) is 1.86. The molecule has 0 fully saturated rings. The van der Waals surface area contributed by atoms with Crippen LogP contribution in [-0.2, 0) is 7.05 Å². The maximum Gasteiger partial charge on any atom is 0.224 e. The molecule has 0 amide bonds. The molecule has 0 saturated carbocycles. The lowest BCUT2D eigenvalue weighted by Crippen LogP contribution is -2.22. The molecule has 1 nitrogen and oxygen atoms in total. The van der Waals surface area contributed by atoms with Crippen molar-refractivity contribution in [2.75, 3.05) is 0 Å². The normalized spacial score (nSPS) is 10.7. The number of rotatable bonds is 1. The van der Waals surface area contributed by atoms with Gasteiger partial charge in [0.05, 0.1) is 4.88 Å². The Labute approximate surface area is 60.0 Å². The van der Waals surface area contributed by atoms with Crippen molar-refractivity contribution >= 4 is 11.3 Å². The molecule has 0 aliphatic heterocycles. The summed E-state index contributed by atoms with van der Waals surface area (Å²) in [5.74, 6) is 0.677. The predicted octanol–water partition coefficient (Wildman–Crippen LogP) is 1.70. The average Bonchev–Trinajstić information content (AvgIpc) is 2.14. The number of aromatic nitrogens is 1. The van der Waals surface area contributed by atoms with E-state index < -0.39 is 0 Å². The van der Waals surface area contributed by atoms with Crippen molar-refractivity contribution in [1.29, 1.82) is 0 Å². The fourth-order valence-electron chi connectivity index (χ4n) is 0.691. The summed E-state index contributed by atoms with van der Waals surface area (Å²) < 4.78 is 2.10. The van der Waals surface area contributed by atoms with Gasteiger partial charge >= 0.3 is 0 Å². The van der Waals surface area contributed by atoms with Gasteiger partial charge in [0.2, 0.25) is 5.51 Å². The van der Waals surface area contributed by atoms with Crippen LogP contribution in [0.5, 0.6) is 0 Å². The first kappa shape index (κ1) is 6.75. The van der Waals surface area contributed by atoms with E-state index >= 15 is 0 Å². The SMILES string of the molecule is CC(C)c1c[n+](C)cs1. The van der Waals surface area contributed by atoms with Crippen molar-refractivity contribution in [2.45, 2.75) is 19.8 Å². The third-order valence-corrected chi connectivity index (χ3v) is 2.54. The van der Waals surface area contributed by atoms with Crippen molar-refractivity contribution in [3.05, 3.63) is 16.6 Å². The van der Waals surface area contributed by atoms with Crippen LogP contribution in [0.25, 0.3) is 0 Å². The first-order valence-corrected chi connectivity index (χ1v) is 4.02. The number of nitrogens with zero attached hydrogens (tertiary/aromatic N) is 1. The van der Waals surface area contributed by atoms with E-state index in [1.165, 1.54) is 4.88 Å². The maximum absolute atomic E-state index is 2.21. The molecule has 0 atom stereocenters. The Balaban J connectivity index is 2.85. The van der Waals surface area contributed by atoms with Crippen LogP contribution in [-0.4, -0.2) is 0 Å². The zero-order chi connectivity index (χ0) is 6.85. The van der Waals surface area contributed by atoms with Crippen LogP contribution in [0.2, 0.25) is 0 Å². The van der Waals surface area contributed by atoms with Crippen molar-refractivity contribution in [1.82, 2.24) is 0 Å². The standard InChI is InChI=1S/C7H12NS/c1-6(2)7-4-8(3)5-9-7/h4-6H,1-3H3/q+1. The van der Waals surface area contributed by atoms with Crippen molar-refractivity contribution < 1.29 is 4.57 Å². The fourth-order valence-corrected chi connectivity index (χ4v) is 1.54. The molecule has 9 heavy (non-hydrogen) atoms. The van der Waals surface area contributed by atoms with Gasteiger partial charge in [-0.25, -0.2) is 0 Å². The predicted molar refractivity (Wildman–Crippen MR) is 39.6 cm³/mol. The van der Waals surface area contributed by atoms with Crippen LogP contribution in [0.3, 0.4) is 0 Å². The highest BCUT2D eigenvalue weighted by molar-refractivity contribution is 7.09. The minimum atomic E-state index is 0.677. The second kappa shape index (κ2) is 2.48. The van der Waals surface area contributed by atoms with E-state index in [1.807, 2.05) is 11.3 Å². The minimum absolute atomic E-state index is 0.677. The molecule has 0 spiro atoms. The van der Waals surface area contributed by atoms with E-state index in [9.17, 15) is 0 Å². The first-order chi connectivity index (χ1) is 4.20. The summed E-state index contributed by atoms with van der Waals surface area (Å²) in [6.45, 7) is 4.43. The Morgan fingerprint density at radius 2 is 2.22 bits per heavy atom. The molecule has 0 aliphatic carbocycles. The van der Waals surface area contributed by atoms with E-state index in [0.29, 0.717) is 5.92 Å². The highest BCUT2D eigenvalue weighted by atomic mass is 32.1. The molecule has 1 aromatic rings. The molecule has 2 heteroatoms. The van der Waals surface area contributed by atoms with Crippen molar-refractivity contribution in [3.63, 3.8) is 0 Å². The second-order valence-electron chi connectivity index (χ2n) is 2.57. The van der Waals surface area contributed by atoms with Crippen LogP contribution in [0.15, 0.2) is 11.7 Å². The van der Waals surface area contributed by atoms with E-state index in [-0.39, 0.29) is 0 Å². The molecule has 0 N–H and O–H groups in total. The van der Waals surface area contributed by atoms with Crippen LogP contribution < -0.4 is 4.57 Å². The number of thiazole rings is 1. The van der Waals surface area contributed by atoms with E-state index in [2.05, 4.69) is 37.2 Å². The molecule has 0 saturated heterocycles. The van der Waals surface area contributed by atoms with Gasteiger partial charge in [0, 0.05) is 0 Å². The fraction of sp³-hybridized carbons (Fsp3) is 0.571. The van der Waals surface area contributed by atoms with Gasteiger partial charge in [-0.2, -0.15) is 4.57 Å². The van der Waals surface area contributed by atoms with E-state index in [1.54, 1.807) is 0 Å². The zero-order valence-electron chi connectivity index (χ0n) is 6.09. The summed E-state index contributed by atoms with van der Waals surface area (Å²) in [7, 11) is 2.06. The van der Waals surface area contributed by atoms with Gasteiger partial charge in [0.1, 0.15) is 7.05 Å². The Hall–Kier alpha value is -0.370. The largest absolute Gasteiger partial charge is 0.224 e. The maximum atomic E-state index is 2.21. The third-order valence-electron chi connectivity index (χ3n) is 1.25. The Morgan fingerprint density at radius 1 is 1.56 bits per heavy atom. The zero-order valence-corrected chi connectivity index (χ0v) is 6.90. The smallest absolute Gasteiger partial charge is 0.198 e. The Morgan fingerprint density at radius 3 is 2.44 bits per heavy atom. The third kappa shape index (κ3) is 1.52. The lowest BCUT2D eigenvalue weighted by molar-refractivity contribution is -0.666. The molecule has 0 unspecified atom stereocenters. The first-order valence-electron chi connectivity index (χ1n) is 3.14. The molecule has 1 heterocycles. The summed E-state index contributed by atoms with van der Waals surface area (Å²) in [5.41, 5.74) is 2.12. The molecule has 0 aromatic carbocycles. The quantitative estimate of drug-likeness (QED) is 0.525. The highest BCUT2D eigenvalue weighted by Gasteiger charge is 2.05.